The standard InChI is InChI=1S/C22H29N5OS/c1-13(2)17-15-11-28-22(3,4)10-14(15)16-18-19(29-21(16)25-17)20(24-12-23-18)27-8-6-26(5)7-9-27/h12-13H,6-11H2,1-5H3. The van der Waals surface area contributed by atoms with Crippen LogP contribution < -0.4 is 4.90 Å². The van der Waals surface area contributed by atoms with Gasteiger partial charge in [0.05, 0.1) is 28.1 Å². The summed E-state index contributed by atoms with van der Waals surface area (Å²) in [7, 11) is 2.18. The number of aromatic nitrogens is 3. The number of anilines is 1. The van der Waals surface area contributed by atoms with Crippen molar-refractivity contribution in [3.8, 4) is 0 Å². The Bertz CT molecular complexity index is 1080. The molecule has 3 aromatic rings. The molecule has 154 valence electrons. The number of hydrogen-bond acceptors (Lipinski definition) is 7. The number of rotatable bonds is 2. The van der Waals surface area contributed by atoms with Gasteiger partial charge < -0.3 is 14.5 Å². The molecular weight excluding hydrogens is 382 g/mol. The molecule has 7 heteroatoms. The minimum Gasteiger partial charge on any atom is -0.370 e. The average molecular weight is 412 g/mol. The van der Waals surface area contributed by atoms with Gasteiger partial charge in [0.2, 0.25) is 0 Å². The Morgan fingerprint density at radius 2 is 1.86 bits per heavy atom. The van der Waals surface area contributed by atoms with Crippen LogP contribution in [0.5, 0.6) is 0 Å². The SMILES string of the molecule is CC(C)c1nc2sc3c(N4CCN(C)CC4)ncnc3c2c2c1COC(C)(C)C2. The van der Waals surface area contributed by atoms with Gasteiger partial charge in [0, 0.05) is 43.5 Å². The number of likely N-dealkylation sites (N-methyl/N-ethyl adjacent to an activating group) is 1. The topological polar surface area (TPSA) is 54.4 Å². The van der Waals surface area contributed by atoms with Crippen molar-refractivity contribution in [2.45, 2.75) is 52.2 Å². The second-order valence-corrected chi connectivity index (χ2v) is 10.3. The van der Waals surface area contributed by atoms with E-state index in [1.807, 2.05) is 0 Å². The van der Waals surface area contributed by atoms with Crippen LogP contribution in [-0.4, -0.2) is 58.7 Å². The van der Waals surface area contributed by atoms with Gasteiger partial charge in [0.1, 0.15) is 17.0 Å². The monoisotopic (exact) mass is 411 g/mol. The Morgan fingerprint density at radius 3 is 2.59 bits per heavy atom. The van der Waals surface area contributed by atoms with Gasteiger partial charge >= 0.3 is 0 Å². The highest BCUT2D eigenvalue weighted by Crippen LogP contribution is 2.43. The fourth-order valence-corrected chi connectivity index (χ4v) is 5.72. The van der Waals surface area contributed by atoms with Crippen LogP contribution in [0.2, 0.25) is 0 Å². The molecule has 1 saturated heterocycles. The Kier molecular flexibility index (Phi) is 4.53. The third kappa shape index (κ3) is 3.20. The second-order valence-electron chi connectivity index (χ2n) is 9.28. The van der Waals surface area contributed by atoms with E-state index in [0.717, 1.165) is 48.8 Å². The van der Waals surface area contributed by atoms with Gasteiger partial charge in [-0.1, -0.05) is 13.8 Å². The molecule has 0 bridgehead atoms. The van der Waals surface area contributed by atoms with Crippen LogP contribution in [0.25, 0.3) is 20.4 Å². The van der Waals surface area contributed by atoms with E-state index in [9.17, 15) is 0 Å². The van der Waals surface area contributed by atoms with Crippen LogP contribution in [-0.2, 0) is 17.8 Å². The lowest BCUT2D eigenvalue weighted by atomic mass is 9.87. The zero-order valence-electron chi connectivity index (χ0n) is 17.9. The predicted molar refractivity (Wildman–Crippen MR) is 119 cm³/mol. The Hall–Kier alpha value is -1.83. The molecule has 0 atom stereocenters. The minimum absolute atomic E-state index is 0.170. The zero-order chi connectivity index (χ0) is 20.3. The van der Waals surface area contributed by atoms with Crippen molar-refractivity contribution < 1.29 is 4.74 Å². The lowest BCUT2D eigenvalue weighted by Gasteiger charge is -2.33. The largest absolute Gasteiger partial charge is 0.370 e. The van der Waals surface area contributed by atoms with Crippen molar-refractivity contribution in [2.75, 3.05) is 38.1 Å². The molecule has 0 amide bonds. The molecule has 2 aliphatic heterocycles. The van der Waals surface area contributed by atoms with E-state index in [4.69, 9.17) is 19.7 Å². The normalized spacial score (nSPS) is 20.0. The van der Waals surface area contributed by atoms with Crippen molar-refractivity contribution in [2.24, 2.45) is 0 Å². The fourth-order valence-electron chi connectivity index (χ4n) is 4.54. The Morgan fingerprint density at radius 1 is 1.10 bits per heavy atom. The molecular formula is C22H29N5OS. The molecule has 0 aromatic carbocycles. The van der Waals surface area contributed by atoms with E-state index < -0.39 is 0 Å². The van der Waals surface area contributed by atoms with Gasteiger partial charge in [0.25, 0.3) is 0 Å². The highest BCUT2D eigenvalue weighted by molar-refractivity contribution is 7.26. The molecule has 0 saturated carbocycles. The first kappa shape index (κ1) is 19.2. The second kappa shape index (κ2) is 6.86. The highest BCUT2D eigenvalue weighted by Gasteiger charge is 2.32. The van der Waals surface area contributed by atoms with Gasteiger partial charge in [-0.15, -0.1) is 11.3 Å². The van der Waals surface area contributed by atoms with E-state index in [-0.39, 0.29) is 5.60 Å². The summed E-state index contributed by atoms with van der Waals surface area (Å²) in [4.78, 5) is 20.4. The summed E-state index contributed by atoms with van der Waals surface area (Å²) >= 11 is 1.76. The minimum atomic E-state index is -0.170. The van der Waals surface area contributed by atoms with E-state index in [1.54, 1.807) is 17.7 Å². The Balaban J connectivity index is 1.75. The van der Waals surface area contributed by atoms with Crippen LogP contribution in [0.15, 0.2) is 6.33 Å². The first-order valence-corrected chi connectivity index (χ1v) is 11.3. The number of pyridine rings is 1. The number of piperazine rings is 1. The summed E-state index contributed by atoms with van der Waals surface area (Å²) < 4.78 is 7.34. The quantitative estimate of drug-likeness (QED) is 0.636. The molecule has 5 heterocycles. The van der Waals surface area contributed by atoms with Crippen LogP contribution >= 0.6 is 11.3 Å². The van der Waals surface area contributed by atoms with Gasteiger partial charge in [0.15, 0.2) is 0 Å². The number of hydrogen-bond donors (Lipinski definition) is 0. The number of thiophene rings is 1. The van der Waals surface area contributed by atoms with Gasteiger partial charge in [-0.3, -0.25) is 0 Å². The van der Waals surface area contributed by atoms with Gasteiger partial charge in [-0.2, -0.15) is 0 Å². The molecule has 5 rings (SSSR count). The molecule has 29 heavy (non-hydrogen) atoms. The van der Waals surface area contributed by atoms with Gasteiger partial charge in [-0.05, 0) is 32.4 Å². The summed E-state index contributed by atoms with van der Waals surface area (Å²) in [5, 5.41) is 1.22. The van der Waals surface area contributed by atoms with E-state index in [2.05, 4.69) is 44.5 Å². The molecule has 0 spiro atoms. The van der Waals surface area contributed by atoms with Crippen molar-refractivity contribution in [3.05, 3.63) is 23.1 Å². The molecule has 0 N–H and O–H groups in total. The first-order chi connectivity index (χ1) is 13.8. The maximum atomic E-state index is 6.17. The molecule has 3 aromatic heterocycles. The summed E-state index contributed by atoms with van der Waals surface area (Å²) in [5.74, 6) is 1.43. The molecule has 0 aliphatic carbocycles. The van der Waals surface area contributed by atoms with E-state index in [1.165, 1.54) is 26.9 Å². The molecule has 6 nitrogen and oxygen atoms in total. The third-order valence-corrected chi connectivity index (χ3v) is 7.26. The summed E-state index contributed by atoms with van der Waals surface area (Å²) in [6.45, 7) is 13.6. The average Bonchev–Trinajstić information content (AvgIpc) is 3.06. The third-order valence-electron chi connectivity index (χ3n) is 6.19. The van der Waals surface area contributed by atoms with Crippen LogP contribution in [0.3, 0.4) is 0 Å². The van der Waals surface area contributed by atoms with Crippen LogP contribution in [0.1, 0.15) is 50.4 Å². The zero-order valence-corrected chi connectivity index (χ0v) is 18.8. The smallest absolute Gasteiger partial charge is 0.150 e. The lowest BCUT2D eigenvalue weighted by molar-refractivity contribution is -0.0402. The van der Waals surface area contributed by atoms with E-state index in [0.29, 0.717) is 12.5 Å². The molecule has 0 radical (unpaired) electrons. The van der Waals surface area contributed by atoms with Crippen LogP contribution in [0.4, 0.5) is 5.82 Å². The summed E-state index contributed by atoms with van der Waals surface area (Å²) in [6, 6.07) is 0. The number of fused-ring (bicyclic) bond motifs is 5. The van der Waals surface area contributed by atoms with Crippen molar-refractivity contribution in [1.82, 2.24) is 19.9 Å². The Labute approximate surface area is 175 Å². The molecule has 1 fully saturated rings. The first-order valence-electron chi connectivity index (χ1n) is 10.5. The molecule has 0 unspecified atom stereocenters. The van der Waals surface area contributed by atoms with Crippen molar-refractivity contribution in [3.63, 3.8) is 0 Å². The summed E-state index contributed by atoms with van der Waals surface area (Å²) in [6.07, 6.45) is 2.62. The number of nitrogens with zero attached hydrogens (tertiary/aromatic N) is 5. The van der Waals surface area contributed by atoms with Crippen molar-refractivity contribution in [1.29, 1.82) is 0 Å². The number of ether oxygens (including phenoxy) is 1. The van der Waals surface area contributed by atoms with Gasteiger partial charge in [-0.25, -0.2) is 15.0 Å². The van der Waals surface area contributed by atoms with Crippen molar-refractivity contribution >= 4 is 37.6 Å². The lowest BCUT2D eigenvalue weighted by Crippen LogP contribution is -2.44. The van der Waals surface area contributed by atoms with E-state index >= 15 is 0 Å². The maximum Gasteiger partial charge on any atom is 0.150 e. The summed E-state index contributed by atoms with van der Waals surface area (Å²) in [5.41, 5.74) is 4.71. The molecule has 2 aliphatic rings. The highest BCUT2D eigenvalue weighted by atomic mass is 32.1. The predicted octanol–water partition coefficient (Wildman–Crippen LogP) is 3.97. The maximum absolute atomic E-state index is 6.17. The van der Waals surface area contributed by atoms with Crippen LogP contribution in [0, 0.1) is 0 Å². The fraction of sp³-hybridized carbons (Fsp3) is 0.591.